The van der Waals surface area contributed by atoms with E-state index in [2.05, 4.69) is 17.1 Å². The van der Waals surface area contributed by atoms with Crippen molar-refractivity contribution in [2.45, 2.75) is 6.54 Å². The molecule has 0 bridgehead atoms. The van der Waals surface area contributed by atoms with Crippen molar-refractivity contribution in [3.8, 4) is 0 Å². The summed E-state index contributed by atoms with van der Waals surface area (Å²) in [5.74, 6) is 0.714. The van der Waals surface area contributed by atoms with Crippen LogP contribution in [0.4, 0.5) is 5.82 Å². The molecule has 0 atom stereocenters. The van der Waals surface area contributed by atoms with Crippen LogP contribution in [0.5, 0.6) is 0 Å². The Morgan fingerprint density at radius 3 is 2.73 bits per heavy atom. The van der Waals surface area contributed by atoms with E-state index in [1.807, 2.05) is 30.1 Å². The lowest BCUT2D eigenvalue weighted by atomic mass is 10.2. The van der Waals surface area contributed by atoms with Gasteiger partial charge in [-0.15, -0.1) is 0 Å². The SMILES string of the molecule is [2H]c1cccnc1N(C)Cc1ccccc1. The maximum Gasteiger partial charge on any atom is 0.128 e. The third-order valence-electron chi connectivity index (χ3n) is 2.22. The highest BCUT2D eigenvalue weighted by Gasteiger charge is 2.01. The van der Waals surface area contributed by atoms with E-state index in [0.717, 1.165) is 6.54 Å². The van der Waals surface area contributed by atoms with Crippen molar-refractivity contribution in [3.05, 3.63) is 60.3 Å². The highest BCUT2D eigenvalue weighted by atomic mass is 15.2. The minimum atomic E-state index is 0.459. The van der Waals surface area contributed by atoms with E-state index in [1.54, 1.807) is 18.3 Å². The number of rotatable bonds is 3. The Bertz CT molecular complexity index is 456. The van der Waals surface area contributed by atoms with E-state index in [1.165, 1.54) is 5.56 Å². The molecule has 0 amide bonds. The monoisotopic (exact) mass is 199 g/mol. The molecule has 0 saturated heterocycles. The van der Waals surface area contributed by atoms with Crippen LogP contribution in [0.15, 0.2) is 54.7 Å². The van der Waals surface area contributed by atoms with Crippen molar-refractivity contribution in [1.29, 1.82) is 0 Å². The van der Waals surface area contributed by atoms with Crippen molar-refractivity contribution in [3.63, 3.8) is 0 Å². The molecule has 1 aromatic heterocycles. The van der Waals surface area contributed by atoms with Crippen LogP contribution in [0, 0.1) is 0 Å². The minimum Gasteiger partial charge on any atom is -0.355 e. The molecule has 2 nitrogen and oxygen atoms in total. The summed E-state index contributed by atoms with van der Waals surface area (Å²) in [4.78, 5) is 6.20. The topological polar surface area (TPSA) is 16.1 Å². The number of anilines is 1. The van der Waals surface area contributed by atoms with Crippen LogP contribution in [0.1, 0.15) is 6.93 Å². The number of benzene rings is 1. The quantitative estimate of drug-likeness (QED) is 0.755. The molecule has 2 aromatic rings. The number of pyridine rings is 1. The fraction of sp³-hybridized carbons (Fsp3) is 0.154. The summed E-state index contributed by atoms with van der Waals surface area (Å²) in [7, 11) is 1.95. The molecule has 1 heterocycles. The van der Waals surface area contributed by atoms with Crippen LogP contribution in [0.25, 0.3) is 0 Å². The Balaban J connectivity index is 2.15. The molecule has 0 spiro atoms. The van der Waals surface area contributed by atoms with Crippen LogP contribution in [-0.2, 0) is 6.54 Å². The van der Waals surface area contributed by atoms with Gasteiger partial charge in [0.15, 0.2) is 0 Å². The molecular weight excluding hydrogens is 184 g/mol. The second-order valence-corrected chi connectivity index (χ2v) is 3.45. The van der Waals surface area contributed by atoms with Gasteiger partial charge in [0, 0.05) is 19.8 Å². The first-order chi connectivity index (χ1) is 7.77. The van der Waals surface area contributed by atoms with Gasteiger partial charge >= 0.3 is 0 Å². The third kappa shape index (κ3) is 2.56. The predicted molar refractivity (Wildman–Crippen MR) is 62.8 cm³/mol. The Hall–Kier alpha value is -1.83. The summed E-state index contributed by atoms with van der Waals surface area (Å²) >= 11 is 0. The van der Waals surface area contributed by atoms with Gasteiger partial charge in [-0.1, -0.05) is 36.4 Å². The highest BCUT2D eigenvalue weighted by Crippen LogP contribution is 2.10. The van der Waals surface area contributed by atoms with Crippen LogP contribution in [0.3, 0.4) is 0 Å². The second kappa shape index (κ2) is 4.60. The summed E-state index contributed by atoms with van der Waals surface area (Å²) in [5, 5.41) is 0. The van der Waals surface area contributed by atoms with Gasteiger partial charge in [0.1, 0.15) is 5.82 Å². The van der Waals surface area contributed by atoms with E-state index in [-0.39, 0.29) is 0 Å². The maximum absolute atomic E-state index is 7.76. The lowest BCUT2D eigenvalue weighted by molar-refractivity contribution is 0.898. The van der Waals surface area contributed by atoms with Gasteiger partial charge in [-0.3, -0.25) is 0 Å². The van der Waals surface area contributed by atoms with Gasteiger partial charge in [0.2, 0.25) is 0 Å². The number of aromatic nitrogens is 1. The minimum absolute atomic E-state index is 0.459. The Morgan fingerprint density at radius 2 is 2.00 bits per heavy atom. The average molecular weight is 199 g/mol. The molecule has 0 aliphatic carbocycles. The first kappa shape index (κ1) is 8.48. The molecule has 1 aromatic carbocycles. The van der Waals surface area contributed by atoms with Crippen LogP contribution >= 0.6 is 0 Å². The zero-order valence-corrected chi connectivity index (χ0v) is 8.72. The molecule has 0 N–H and O–H groups in total. The molecule has 0 aliphatic rings. The number of hydrogen-bond acceptors (Lipinski definition) is 2. The van der Waals surface area contributed by atoms with E-state index in [0.29, 0.717) is 11.9 Å². The van der Waals surface area contributed by atoms with Crippen molar-refractivity contribution in [2.24, 2.45) is 0 Å². The third-order valence-corrected chi connectivity index (χ3v) is 2.22. The van der Waals surface area contributed by atoms with Crippen LogP contribution in [0.2, 0.25) is 0 Å². The van der Waals surface area contributed by atoms with Gasteiger partial charge in [-0.25, -0.2) is 4.98 Å². The van der Waals surface area contributed by atoms with Gasteiger partial charge in [-0.05, 0) is 17.7 Å². The predicted octanol–water partition coefficient (Wildman–Crippen LogP) is 2.72. The van der Waals surface area contributed by atoms with Gasteiger partial charge in [0.05, 0.1) is 1.37 Å². The highest BCUT2D eigenvalue weighted by molar-refractivity contribution is 5.37. The zero-order chi connectivity index (χ0) is 11.4. The summed E-state index contributed by atoms with van der Waals surface area (Å²) in [6.07, 6.45) is 1.72. The Kier molecular flexibility index (Phi) is 2.60. The molecular formula is C13H14N2. The van der Waals surface area contributed by atoms with Crippen LogP contribution < -0.4 is 4.90 Å². The molecule has 0 radical (unpaired) electrons. The van der Waals surface area contributed by atoms with E-state index >= 15 is 0 Å². The molecule has 0 unspecified atom stereocenters. The summed E-state index contributed by atoms with van der Waals surface area (Å²) in [6.45, 7) is 0.768. The summed E-state index contributed by atoms with van der Waals surface area (Å²) in [6, 6.07) is 14.2. The fourth-order valence-electron chi connectivity index (χ4n) is 1.46. The first-order valence-corrected chi connectivity index (χ1v) is 4.94. The lowest BCUT2D eigenvalue weighted by Gasteiger charge is -2.17. The van der Waals surface area contributed by atoms with E-state index in [4.69, 9.17) is 1.37 Å². The molecule has 0 fully saturated rings. The maximum atomic E-state index is 7.76. The molecule has 2 rings (SSSR count). The fourth-order valence-corrected chi connectivity index (χ4v) is 1.46. The smallest absolute Gasteiger partial charge is 0.128 e. The van der Waals surface area contributed by atoms with Gasteiger partial charge in [-0.2, -0.15) is 0 Å². The second-order valence-electron chi connectivity index (χ2n) is 3.45. The van der Waals surface area contributed by atoms with Gasteiger partial charge in [0.25, 0.3) is 0 Å². The lowest BCUT2D eigenvalue weighted by Crippen LogP contribution is -2.17. The molecule has 76 valence electrons. The Morgan fingerprint density at radius 1 is 1.20 bits per heavy atom. The molecule has 0 saturated carbocycles. The van der Waals surface area contributed by atoms with Crippen molar-refractivity contribution >= 4 is 5.82 Å². The Labute approximate surface area is 91.6 Å². The standard InChI is InChI=1S/C13H14N2/c1-15(13-9-5-6-10-14-13)11-12-7-3-2-4-8-12/h2-10H,11H2,1H3/i9D. The first-order valence-electron chi connectivity index (χ1n) is 5.44. The normalized spacial score (nSPS) is 10.9. The van der Waals surface area contributed by atoms with Crippen molar-refractivity contribution in [1.82, 2.24) is 4.98 Å². The molecule has 15 heavy (non-hydrogen) atoms. The number of nitrogens with zero attached hydrogens (tertiary/aromatic N) is 2. The zero-order valence-electron chi connectivity index (χ0n) is 9.72. The molecule has 0 aliphatic heterocycles. The molecule has 2 heteroatoms. The van der Waals surface area contributed by atoms with Crippen molar-refractivity contribution < 1.29 is 1.37 Å². The van der Waals surface area contributed by atoms with E-state index in [9.17, 15) is 0 Å². The largest absolute Gasteiger partial charge is 0.355 e. The van der Waals surface area contributed by atoms with E-state index < -0.39 is 0 Å². The summed E-state index contributed by atoms with van der Waals surface area (Å²) < 4.78 is 7.76. The van der Waals surface area contributed by atoms with Crippen molar-refractivity contribution in [2.75, 3.05) is 11.9 Å². The van der Waals surface area contributed by atoms with Crippen LogP contribution in [-0.4, -0.2) is 12.0 Å². The summed E-state index contributed by atoms with van der Waals surface area (Å²) in [5.41, 5.74) is 1.22. The van der Waals surface area contributed by atoms with Gasteiger partial charge < -0.3 is 4.90 Å². The average Bonchev–Trinajstić information content (AvgIpc) is 2.31. The number of hydrogen-bond donors (Lipinski definition) is 0.